The summed E-state index contributed by atoms with van der Waals surface area (Å²) in [5.74, 6) is 0.310. The second-order valence-corrected chi connectivity index (χ2v) is 4.58. The van der Waals surface area contributed by atoms with E-state index in [-0.39, 0.29) is 41.6 Å². The van der Waals surface area contributed by atoms with E-state index in [4.69, 9.17) is 10.5 Å². The zero-order valence-corrected chi connectivity index (χ0v) is 15.0. The summed E-state index contributed by atoms with van der Waals surface area (Å²) in [6.45, 7) is 5.32. The van der Waals surface area contributed by atoms with Crippen molar-refractivity contribution >= 4 is 29.9 Å². The van der Waals surface area contributed by atoms with Gasteiger partial charge in [-0.3, -0.25) is 0 Å². The van der Waals surface area contributed by atoms with Crippen LogP contribution in [-0.2, 0) is 0 Å². The number of nitrogens with one attached hydrogen (secondary N) is 1. The van der Waals surface area contributed by atoms with Gasteiger partial charge in [0.05, 0.1) is 6.54 Å². The summed E-state index contributed by atoms with van der Waals surface area (Å²) in [6.07, 6.45) is 2.71. The molecule has 0 saturated heterocycles. The third-order valence-corrected chi connectivity index (χ3v) is 2.89. The monoisotopic (exact) mass is 409 g/mol. The van der Waals surface area contributed by atoms with E-state index < -0.39 is 0 Å². The summed E-state index contributed by atoms with van der Waals surface area (Å²) < 4.78 is 19.1. The Morgan fingerprint density at radius 2 is 2.10 bits per heavy atom. The van der Waals surface area contributed by atoms with Gasteiger partial charge in [0.25, 0.3) is 0 Å². The van der Waals surface area contributed by atoms with Crippen molar-refractivity contribution in [1.82, 2.24) is 5.32 Å². The molecule has 0 heterocycles. The number of para-hydroxylation sites is 1. The van der Waals surface area contributed by atoms with Crippen LogP contribution in [-0.4, -0.2) is 25.2 Å². The molecule has 0 aromatic heterocycles. The molecule has 0 aliphatic carbocycles. The quantitative estimate of drug-likeness (QED) is 0.300. The zero-order valence-electron chi connectivity index (χ0n) is 12.6. The van der Waals surface area contributed by atoms with Crippen molar-refractivity contribution in [1.29, 1.82) is 0 Å². The van der Waals surface area contributed by atoms with Crippen LogP contribution in [0.15, 0.2) is 29.3 Å². The topological polar surface area (TPSA) is 59.6 Å². The summed E-state index contributed by atoms with van der Waals surface area (Å²) >= 11 is 0. The van der Waals surface area contributed by atoms with Crippen molar-refractivity contribution in [2.24, 2.45) is 10.7 Å². The van der Waals surface area contributed by atoms with Gasteiger partial charge in [-0.2, -0.15) is 0 Å². The molecular formula is C15H25FIN3O. The Bertz CT molecular complexity index is 429. The van der Waals surface area contributed by atoms with Crippen molar-refractivity contribution in [3.63, 3.8) is 0 Å². The number of rotatable bonds is 8. The summed E-state index contributed by atoms with van der Waals surface area (Å²) in [6, 6.07) is 6.38. The highest BCUT2D eigenvalue weighted by atomic mass is 127. The number of hydrogen-bond acceptors (Lipinski definition) is 2. The van der Waals surface area contributed by atoms with Gasteiger partial charge in [0.2, 0.25) is 0 Å². The molecule has 0 saturated carbocycles. The minimum atomic E-state index is -0.357. The standard InChI is InChI=1S/C15H24FN3O.HI/c1-3-5-10-18-15(17)19-11-12(4-2)20-14-9-7-6-8-13(14)16;/h6-9,12H,3-5,10-11H2,1-2H3,(H3,17,18,19);1H. The van der Waals surface area contributed by atoms with Gasteiger partial charge in [0.1, 0.15) is 6.10 Å². The maximum atomic E-state index is 13.5. The Hall–Kier alpha value is -1.05. The van der Waals surface area contributed by atoms with E-state index in [1.165, 1.54) is 6.07 Å². The van der Waals surface area contributed by atoms with Gasteiger partial charge in [0, 0.05) is 6.54 Å². The van der Waals surface area contributed by atoms with Gasteiger partial charge in [-0.05, 0) is 25.0 Å². The first-order valence-electron chi connectivity index (χ1n) is 7.12. The van der Waals surface area contributed by atoms with Crippen LogP contribution in [0.5, 0.6) is 5.75 Å². The first-order chi connectivity index (χ1) is 9.67. The van der Waals surface area contributed by atoms with Crippen LogP contribution in [0.4, 0.5) is 4.39 Å². The van der Waals surface area contributed by atoms with E-state index >= 15 is 0 Å². The van der Waals surface area contributed by atoms with Gasteiger partial charge in [-0.1, -0.05) is 32.4 Å². The Morgan fingerprint density at radius 3 is 2.71 bits per heavy atom. The molecule has 120 valence electrons. The summed E-state index contributed by atoms with van der Waals surface area (Å²) in [5, 5.41) is 3.04. The van der Waals surface area contributed by atoms with Crippen molar-refractivity contribution in [3.8, 4) is 5.75 Å². The van der Waals surface area contributed by atoms with Gasteiger partial charge in [0.15, 0.2) is 17.5 Å². The fourth-order valence-corrected chi connectivity index (χ4v) is 1.62. The first kappa shape index (κ1) is 19.9. The van der Waals surface area contributed by atoms with Crippen molar-refractivity contribution < 1.29 is 9.13 Å². The Morgan fingerprint density at radius 1 is 1.38 bits per heavy atom. The third kappa shape index (κ3) is 8.08. The molecule has 1 aromatic rings. The number of nitrogens with two attached hydrogens (primary N) is 1. The number of aliphatic imine (C=N–C) groups is 1. The second kappa shape index (κ2) is 11.6. The average molecular weight is 409 g/mol. The minimum absolute atomic E-state index is 0. The van der Waals surface area contributed by atoms with Crippen LogP contribution in [0.3, 0.4) is 0 Å². The molecular weight excluding hydrogens is 384 g/mol. The molecule has 0 aliphatic heterocycles. The molecule has 0 radical (unpaired) electrons. The third-order valence-electron chi connectivity index (χ3n) is 2.89. The van der Waals surface area contributed by atoms with Crippen LogP contribution < -0.4 is 15.8 Å². The number of guanidine groups is 1. The summed E-state index contributed by atoms with van der Waals surface area (Å²) in [5.41, 5.74) is 5.75. The normalized spacial score (nSPS) is 12.4. The van der Waals surface area contributed by atoms with Gasteiger partial charge >= 0.3 is 0 Å². The highest BCUT2D eigenvalue weighted by molar-refractivity contribution is 14.0. The molecule has 0 amide bonds. The first-order valence-corrected chi connectivity index (χ1v) is 7.12. The summed E-state index contributed by atoms with van der Waals surface area (Å²) in [4.78, 5) is 4.23. The molecule has 3 N–H and O–H groups in total. The van der Waals surface area contributed by atoms with E-state index in [9.17, 15) is 4.39 Å². The van der Waals surface area contributed by atoms with Gasteiger partial charge in [-0.25, -0.2) is 9.38 Å². The SMILES string of the molecule is CCCCNC(N)=NCC(CC)Oc1ccccc1F.I. The molecule has 0 aliphatic rings. The highest BCUT2D eigenvalue weighted by Gasteiger charge is 2.10. The van der Waals surface area contributed by atoms with E-state index in [0.29, 0.717) is 12.5 Å². The minimum Gasteiger partial charge on any atom is -0.485 e. The van der Waals surface area contributed by atoms with Crippen LogP contribution in [0, 0.1) is 5.82 Å². The van der Waals surface area contributed by atoms with E-state index in [0.717, 1.165) is 25.8 Å². The van der Waals surface area contributed by atoms with Crippen molar-refractivity contribution in [2.75, 3.05) is 13.1 Å². The van der Waals surface area contributed by atoms with Crippen LogP contribution in [0.2, 0.25) is 0 Å². The van der Waals surface area contributed by atoms with E-state index in [1.807, 2.05) is 6.92 Å². The number of nitrogens with zero attached hydrogens (tertiary/aromatic N) is 1. The Balaban J connectivity index is 0.00000400. The van der Waals surface area contributed by atoms with Crippen LogP contribution >= 0.6 is 24.0 Å². The molecule has 1 unspecified atom stereocenters. The molecule has 1 rings (SSSR count). The fourth-order valence-electron chi connectivity index (χ4n) is 1.62. The number of halogens is 2. The lowest BCUT2D eigenvalue weighted by Crippen LogP contribution is -2.33. The molecule has 1 aromatic carbocycles. The average Bonchev–Trinajstić information content (AvgIpc) is 2.45. The summed E-state index contributed by atoms with van der Waals surface area (Å²) in [7, 11) is 0. The Labute approximate surface area is 143 Å². The smallest absolute Gasteiger partial charge is 0.188 e. The van der Waals surface area contributed by atoms with Crippen molar-refractivity contribution in [3.05, 3.63) is 30.1 Å². The van der Waals surface area contributed by atoms with Gasteiger partial charge < -0.3 is 15.8 Å². The lowest BCUT2D eigenvalue weighted by Gasteiger charge is -2.16. The zero-order chi connectivity index (χ0) is 14.8. The van der Waals surface area contributed by atoms with Crippen molar-refractivity contribution in [2.45, 2.75) is 39.2 Å². The van der Waals surface area contributed by atoms with Crippen LogP contribution in [0.1, 0.15) is 33.1 Å². The van der Waals surface area contributed by atoms with Crippen LogP contribution in [0.25, 0.3) is 0 Å². The Kier molecular flexibility index (Phi) is 11.0. The number of benzene rings is 1. The molecule has 1 atom stereocenters. The van der Waals surface area contributed by atoms with E-state index in [1.54, 1.807) is 18.2 Å². The molecule has 0 spiro atoms. The lowest BCUT2D eigenvalue weighted by atomic mass is 10.2. The lowest BCUT2D eigenvalue weighted by molar-refractivity contribution is 0.197. The number of ether oxygens (including phenoxy) is 1. The maximum Gasteiger partial charge on any atom is 0.188 e. The number of hydrogen-bond donors (Lipinski definition) is 2. The fraction of sp³-hybridized carbons (Fsp3) is 0.533. The van der Waals surface area contributed by atoms with E-state index in [2.05, 4.69) is 17.2 Å². The molecule has 4 nitrogen and oxygen atoms in total. The largest absolute Gasteiger partial charge is 0.485 e. The maximum absolute atomic E-state index is 13.5. The van der Waals surface area contributed by atoms with Gasteiger partial charge in [-0.15, -0.1) is 24.0 Å². The molecule has 21 heavy (non-hydrogen) atoms. The predicted molar refractivity (Wildman–Crippen MR) is 95.9 cm³/mol. The number of unbranched alkanes of at least 4 members (excludes halogenated alkanes) is 1. The second-order valence-electron chi connectivity index (χ2n) is 4.58. The molecule has 0 bridgehead atoms. The highest BCUT2D eigenvalue weighted by Crippen LogP contribution is 2.18. The molecule has 0 fully saturated rings. The predicted octanol–water partition coefficient (Wildman–Crippen LogP) is 3.31. The molecule has 6 heteroatoms.